The minimum atomic E-state index is -8.94. The van der Waals surface area contributed by atoms with Crippen molar-refractivity contribution in [1.82, 2.24) is 5.12 Å². The summed E-state index contributed by atoms with van der Waals surface area (Å²) in [6.45, 7) is 0. The number of hydrogen-bond acceptors (Lipinski definition) is 1. The first kappa shape index (κ1) is 32.4. The van der Waals surface area contributed by atoms with Gasteiger partial charge in [-0.3, -0.25) is 0 Å². The van der Waals surface area contributed by atoms with Gasteiger partial charge in [-0.2, -0.15) is 96.6 Å². The number of nitrogens with zero attached hydrogens (tertiary/aromatic N) is 1. The zero-order valence-corrected chi connectivity index (χ0v) is 14.1. The first-order chi connectivity index (χ1) is 14.2. The van der Waals surface area contributed by atoms with Crippen LogP contribution in [-0.2, 0) is 0 Å². The minimum absolute atomic E-state index is 5.29. The molecule has 0 aromatic heterocycles. The molecule has 0 aliphatic carbocycles. The minimum Gasteiger partial charge on any atom is -0.192 e. The van der Waals surface area contributed by atoms with Gasteiger partial charge in [-0.25, -0.2) is 0 Å². The number of halogens is 23. The van der Waals surface area contributed by atoms with Gasteiger partial charge in [0, 0.05) is 0 Å². The van der Waals surface area contributed by atoms with Gasteiger partial charge < -0.3 is 0 Å². The van der Waals surface area contributed by atoms with E-state index in [1.165, 1.54) is 0 Å². The summed E-state index contributed by atoms with van der Waals surface area (Å²) in [5.41, 5.74) is 0. The van der Waals surface area contributed by atoms with Gasteiger partial charge in [0.1, 0.15) is 0 Å². The Morgan fingerprint density at radius 2 is 0.441 bits per heavy atom. The SMILES string of the molecule is FN(C(F)(F)C(F)(F)C(F)(F)C(F)(F)C(F)(F)F)C(F)(F)C(F)(F)C(F)(F)C(F)(F)C(F)(F)F. The lowest BCUT2D eigenvalue weighted by molar-refractivity contribution is -0.507. The Morgan fingerprint density at radius 3 is 0.588 bits per heavy atom. The summed E-state index contributed by atoms with van der Waals surface area (Å²) in [5, 5.41) is -5.29. The molecule has 0 bridgehead atoms. The Morgan fingerprint density at radius 1 is 0.265 bits per heavy atom. The highest BCUT2D eigenvalue weighted by Crippen LogP contribution is 2.62. The van der Waals surface area contributed by atoms with E-state index in [-0.39, 0.29) is 0 Å². The van der Waals surface area contributed by atoms with E-state index < -0.39 is 65.1 Å². The lowest BCUT2D eigenvalue weighted by Crippen LogP contribution is -2.75. The summed E-state index contributed by atoms with van der Waals surface area (Å²) < 4.78 is 290. The van der Waals surface area contributed by atoms with Crippen LogP contribution in [0, 0.1) is 0 Å². The van der Waals surface area contributed by atoms with Gasteiger partial charge in [-0.1, -0.05) is 0 Å². The maximum atomic E-state index is 13.1. The molecule has 0 aromatic carbocycles. The van der Waals surface area contributed by atoms with Crippen LogP contribution in [0.15, 0.2) is 0 Å². The normalized spacial score (nSPS) is 16.9. The van der Waals surface area contributed by atoms with E-state index in [9.17, 15) is 101 Å². The fourth-order valence-electron chi connectivity index (χ4n) is 1.55. The highest BCUT2D eigenvalue weighted by atomic mass is 19.4. The summed E-state index contributed by atoms with van der Waals surface area (Å²) in [5.74, 6) is -52.3. The monoisotopic (exact) mass is 571 g/mol. The predicted octanol–water partition coefficient (Wildman–Crippen LogP) is 7.29. The Labute approximate surface area is 168 Å². The maximum Gasteiger partial charge on any atom is 0.460 e. The van der Waals surface area contributed by atoms with E-state index in [4.69, 9.17) is 0 Å². The molecule has 0 rings (SSSR count). The Hall–Kier alpha value is -1.65. The van der Waals surface area contributed by atoms with E-state index in [1.54, 1.807) is 0 Å². The molecule has 0 N–H and O–H groups in total. The predicted molar refractivity (Wildman–Crippen MR) is 54.6 cm³/mol. The molecule has 34 heavy (non-hydrogen) atoms. The van der Waals surface area contributed by atoms with E-state index in [0.29, 0.717) is 0 Å². The van der Waals surface area contributed by atoms with Gasteiger partial charge in [0.2, 0.25) is 0 Å². The van der Waals surface area contributed by atoms with Crippen molar-refractivity contribution in [3.05, 3.63) is 0 Å². The zero-order valence-electron chi connectivity index (χ0n) is 14.1. The van der Waals surface area contributed by atoms with Crippen LogP contribution in [0.25, 0.3) is 0 Å². The third-order valence-electron chi connectivity index (χ3n) is 3.54. The molecule has 0 aliphatic rings. The molecule has 0 heterocycles. The first-order valence-corrected chi connectivity index (χ1v) is 6.77. The van der Waals surface area contributed by atoms with Crippen molar-refractivity contribution < 1.29 is 101 Å². The molecular weight excluding hydrogens is 571 g/mol. The van der Waals surface area contributed by atoms with E-state index in [1.807, 2.05) is 0 Å². The topological polar surface area (TPSA) is 3.24 Å². The summed E-state index contributed by atoms with van der Waals surface area (Å²) in [4.78, 5) is 0. The van der Waals surface area contributed by atoms with Crippen LogP contribution in [0.1, 0.15) is 0 Å². The second-order valence-electron chi connectivity index (χ2n) is 5.81. The average Bonchev–Trinajstić information content (AvgIpc) is 2.57. The molecule has 0 amide bonds. The largest absolute Gasteiger partial charge is 0.460 e. The van der Waals surface area contributed by atoms with Crippen molar-refractivity contribution in [1.29, 1.82) is 0 Å². The van der Waals surface area contributed by atoms with Gasteiger partial charge in [0.15, 0.2) is 0 Å². The van der Waals surface area contributed by atoms with Crippen LogP contribution in [-0.4, -0.2) is 65.1 Å². The quantitative estimate of drug-likeness (QED) is 0.168. The Balaban J connectivity index is 6.87. The Kier molecular flexibility index (Phi) is 7.30. The van der Waals surface area contributed by atoms with Crippen LogP contribution in [0.4, 0.5) is 101 Å². The molecule has 0 aliphatic heterocycles. The summed E-state index contributed by atoms with van der Waals surface area (Å²) in [7, 11) is 0. The molecule has 0 aromatic rings. The van der Waals surface area contributed by atoms with Crippen molar-refractivity contribution in [3.63, 3.8) is 0 Å². The van der Waals surface area contributed by atoms with E-state index in [0.717, 1.165) is 0 Å². The fraction of sp³-hybridized carbons (Fsp3) is 1.00. The Bertz CT molecular complexity index is 676. The summed E-state index contributed by atoms with van der Waals surface area (Å²) in [6.07, 6.45) is -16.0. The van der Waals surface area contributed by atoms with Gasteiger partial charge >= 0.3 is 60.0 Å². The second-order valence-corrected chi connectivity index (χ2v) is 5.81. The third-order valence-corrected chi connectivity index (χ3v) is 3.54. The molecule has 0 unspecified atom stereocenters. The molecule has 0 radical (unpaired) electrons. The fourth-order valence-corrected chi connectivity index (χ4v) is 1.55. The molecule has 0 spiro atoms. The maximum absolute atomic E-state index is 13.1. The van der Waals surface area contributed by atoms with Crippen molar-refractivity contribution >= 4 is 0 Å². The summed E-state index contributed by atoms with van der Waals surface area (Å²) in [6, 6.07) is -17.7. The van der Waals surface area contributed by atoms with Crippen LogP contribution >= 0.6 is 0 Å². The van der Waals surface area contributed by atoms with E-state index in [2.05, 4.69) is 0 Å². The molecular formula is C10F23N. The lowest BCUT2D eigenvalue weighted by Gasteiger charge is -2.43. The van der Waals surface area contributed by atoms with Crippen molar-refractivity contribution in [3.8, 4) is 0 Å². The molecule has 0 fully saturated rings. The number of rotatable bonds is 8. The number of alkyl halides is 22. The van der Waals surface area contributed by atoms with Gasteiger partial charge in [-0.15, -0.1) is 4.48 Å². The average molecular weight is 571 g/mol. The lowest BCUT2D eigenvalue weighted by atomic mass is 9.99. The smallest absolute Gasteiger partial charge is 0.192 e. The highest BCUT2D eigenvalue weighted by molar-refractivity contribution is 5.09. The second kappa shape index (κ2) is 7.67. The third kappa shape index (κ3) is 3.86. The van der Waals surface area contributed by atoms with Crippen molar-refractivity contribution in [2.75, 3.05) is 0 Å². The van der Waals surface area contributed by atoms with Gasteiger partial charge in [-0.05, 0) is 5.12 Å². The molecule has 206 valence electrons. The molecule has 0 atom stereocenters. The molecule has 24 heteroatoms. The first-order valence-electron chi connectivity index (χ1n) is 6.77. The zero-order chi connectivity index (χ0) is 28.6. The van der Waals surface area contributed by atoms with Crippen molar-refractivity contribution in [2.45, 2.75) is 60.0 Å². The van der Waals surface area contributed by atoms with Gasteiger partial charge in [0.25, 0.3) is 0 Å². The van der Waals surface area contributed by atoms with E-state index >= 15 is 0 Å². The van der Waals surface area contributed by atoms with Crippen LogP contribution < -0.4 is 0 Å². The van der Waals surface area contributed by atoms with Crippen molar-refractivity contribution in [2.24, 2.45) is 0 Å². The summed E-state index contributed by atoms with van der Waals surface area (Å²) >= 11 is 0. The molecule has 0 saturated heterocycles. The van der Waals surface area contributed by atoms with Crippen LogP contribution in [0.2, 0.25) is 0 Å². The van der Waals surface area contributed by atoms with Crippen LogP contribution in [0.5, 0.6) is 0 Å². The molecule has 1 nitrogen and oxygen atoms in total. The number of hydrogen-bond donors (Lipinski definition) is 0. The van der Waals surface area contributed by atoms with Crippen LogP contribution in [0.3, 0.4) is 0 Å². The molecule has 0 saturated carbocycles. The standard InChI is InChI=1S/C10F23N/c11-1(12,3(15,16)7(23,24)25)5(19,20)9(29,30)34(33)10(31,32)6(21,22)2(13,14)4(17,18)8(26,27)28. The highest BCUT2D eigenvalue weighted by Gasteiger charge is 2.94. The van der Waals surface area contributed by atoms with Gasteiger partial charge in [0.05, 0.1) is 0 Å².